The van der Waals surface area contributed by atoms with Crippen molar-refractivity contribution in [3.63, 3.8) is 0 Å². The largest absolute Gasteiger partial charge is 0.383 e. The SMILES string of the molecule is C=C(c1c(N(N)C(C)C)ccnc1N)C(C)C. The lowest BCUT2D eigenvalue weighted by atomic mass is 9.96. The van der Waals surface area contributed by atoms with Gasteiger partial charge in [-0.25, -0.2) is 10.8 Å². The van der Waals surface area contributed by atoms with Crippen molar-refractivity contribution in [2.75, 3.05) is 10.7 Å². The summed E-state index contributed by atoms with van der Waals surface area (Å²) in [5.74, 6) is 6.84. The monoisotopic (exact) mass is 234 g/mol. The first-order valence-corrected chi connectivity index (χ1v) is 5.83. The van der Waals surface area contributed by atoms with Crippen molar-refractivity contribution in [1.82, 2.24) is 4.98 Å². The number of allylic oxidation sites excluding steroid dienone is 1. The molecule has 0 aliphatic rings. The van der Waals surface area contributed by atoms with E-state index >= 15 is 0 Å². The number of nitrogen functional groups attached to an aromatic ring is 1. The van der Waals surface area contributed by atoms with Crippen LogP contribution in [-0.4, -0.2) is 11.0 Å². The van der Waals surface area contributed by atoms with Crippen LogP contribution in [0.5, 0.6) is 0 Å². The van der Waals surface area contributed by atoms with Gasteiger partial charge < -0.3 is 10.7 Å². The van der Waals surface area contributed by atoms with Gasteiger partial charge in [0.25, 0.3) is 0 Å². The van der Waals surface area contributed by atoms with Crippen molar-refractivity contribution >= 4 is 17.1 Å². The molecule has 0 amide bonds. The fourth-order valence-corrected chi connectivity index (χ4v) is 1.58. The average molecular weight is 234 g/mol. The number of nitrogens with two attached hydrogens (primary N) is 2. The van der Waals surface area contributed by atoms with E-state index in [4.69, 9.17) is 11.6 Å². The molecule has 0 aliphatic carbocycles. The molecule has 0 bridgehead atoms. The van der Waals surface area contributed by atoms with Crippen molar-refractivity contribution in [1.29, 1.82) is 0 Å². The summed E-state index contributed by atoms with van der Waals surface area (Å²) < 4.78 is 0. The average Bonchev–Trinajstić information content (AvgIpc) is 2.26. The van der Waals surface area contributed by atoms with E-state index < -0.39 is 0 Å². The molecule has 94 valence electrons. The summed E-state index contributed by atoms with van der Waals surface area (Å²) in [5, 5.41) is 1.70. The van der Waals surface area contributed by atoms with Gasteiger partial charge in [-0.2, -0.15) is 0 Å². The number of hydrogen-bond donors (Lipinski definition) is 2. The van der Waals surface area contributed by atoms with E-state index in [0.717, 1.165) is 16.8 Å². The molecule has 1 aromatic rings. The molecule has 0 fully saturated rings. The van der Waals surface area contributed by atoms with Gasteiger partial charge in [0, 0.05) is 17.8 Å². The maximum atomic E-state index is 6.05. The van der Waals surface area contributed by atoms with E-state index in [1.807, 2.05) is 19.9 Å². The van der Waals surface area contributed by atoms with E-state index in [0.29, 0.717) is 11.7 Å². The molecule has 4 N–H and O–H groups in total. The third-order valence-corrected chi connectivity index (χ3v) is 2.81. The van der Waals surface area contributed by atoms with Crippen molar-refractivity contribution in [3.8, 4) is 0 Å². The number of rotatable bonds is 4. The summed E-state index contributed by atoms with van der Waals surface area (Å²) in [5.41, 5.74) is 8.64. The van der Waals surface area contributed by atoms with Crippen LogP contribution >= 0.6 is 0 Å². The molecule has 0 aromatic carbocycles. The lowest BCUT2D eigenvalue weighted by Gasteiger charge is -2.27. The highest BCUT2D eigenvalue weighted by Gasteiger charge is 2.17. The minimum atomic E-state index is 0.190. The Bertz CT molecular complexity index is 410. The Morgan fingerprint density at radius 2 is 1.94 bits per heavy atom. The van der Waals surface area contributed by atoms with Crippen molar-refractivity contribution in [2.45, 2.75) is 33.7 Å². The van der Waals surface area contributed by atoms with Gasteiger partial charge in [0.15, 0.2) is 0 Å². The molecule has 0 saturated carbocycles. The molecule has 0 atom stereocenters. The normalized spacial score (nSPS) is 11.0. The summed E-state index contributed by atoms with van der Waals surface area (Å²) in [6.45, 7) is 12.3. The topological polar surface area (TPSA) is 68.2 Å². The van der Waals surface area contributed by atoms with E-state index in [9.17, 15) is 0 Å². The number of aromatic nitrogens is 1. The molecule has 0 saturated heterocycles. The van der Waals surface area contributed by atoms with E-state index in [-0.39, 0.29) is 6.04 Å². The molecule has 0 unspecified atom stereocenters. The minimum Gasteiger partial charge on any atom is -0.383 e. The molecule has 17 heavy (non-hydrogen) atoms. The smallest absolute Gasteiger partial charge is 0.133 e. The molecule has 0 radical (unpaired) electrons. The lowest BCUT2D eigenvalue weighted by Crippen LogP contribution is -2.38. The third kappa shape index (κ3) is 2.77. The Morgan fingerprint density at radius 1 is 1.35 bits per heavy atom. The Hall–Kier alpha value is -1.55. The number of pyridine rings is 1. The van der Waals surface area contributed by atoms with Gasteiger partial charge >= 0.3 is 0 Å². The van der Waals surface area contributed by atoms with Crippen LogP contribution in [-0.2, 0) is 0 Å². The number of anilines is 2. The standard InChI is InChI=1S/C13H22N4/c1-8(2)10(5)12-11(17(15)9(3)4)6-7-16-13(12)14/h6-9H,5,15H2,1-4H3,(H2,14,16). The summed E-state index contributed by atoms with van der Waals surface area (Å²) in [6, 6.07) is 2.06. The lowest BCUT2D eigenvalue weighted by molar-refractivity contribution is 0.709. The Morgan fingerprint density at radius 3 is 2.41 bits per heavy atom. The first kappa shape index (κ1) is 13.5. The first-order chi connectivity index (χ1) is 7.86. The molecule has 1 rings (SSSR count). The fraction of sp³-hybridized carbons (Fsp3) is 0.462. The second kappa shape index (κ2) is 5.19. The van der Waals surface area contributed by atoms with Crippen LogP contribution in [0.25, 0.3) is 5.57 Å². The van der Waals surface area contributed by atoms with Crippen LogP contribution in [0, 0.1) is 5.92 Å². The van der Waals surface area contributed by atoms with E-state index in [1.165, 1.54) is 0 Å². The Balaban J connectivity index is 3.31. The minimum absolute atomic E-state index is 0.190. The highest BCUT2D eigenvalue weighted by atomic mass is 15.4. The molecule has 1 heterocycles. The van der Waals surface area contributed by atoms with Crippen LogP contribution < -0.4 is 16.6 Å². The molecule has 4 heteroatoms. The number of hydrogen-bond acceptors (Lipinski definition) is 4. The van der Waals surface area contributed by atoms with Gasteiger partial charge in [-0.1, -0.05) is 20.4 Å². The van der Waals surface area contributed by atoms with Crippen LogP contribution in [0.15, 0.2) is 18.8 Å². The van der Waals surface area contributed by atoms with Gasteiger partial charge in [0.05, 0.1) is 5.69 Å². The second-order valence-electron chi connectivity index (χ2n) is 4.77. The third-order valence-electron chi connectivity index (χ3n) is 2.81. The highest BCUT2D eigenvalue weighted by molar-refractivity contribution is 5.82. The van der Waals surface area contributed by atoms with Crippen LogP contribution in [0.4, 0.5) is 11.5 Å². The summed E-state index contributed by atoms with van der Waals surface area (Å²) in [4.78, 5) is 4.12. The maximum Gasteiger partial charge on any atom is 0.133 e. The van der Waals surface area contributed by atoms with Crippen LogP contribution in [0.2, 0.25) is 0 Å². The predicted octanol–water partition coefficient (Wildman–Crippen LogP) is 2.42. The van der Waals surface area contributed by atoms with Crippen LogP contribution in [0.1, 0.15) is 33.3 Å². The van der Waals surface area contributed by atoms with Crippen LogP contribution in [0.3, 0.4) is 0 Å². The molecular formula is C13H22N4. The van der Waals surface area contributed by atoms with E-state index in [1.54, 1.807) is 11.2 Å². The van der Waals surface area contributed by atoms with Gasteiger partial charge in [-0.3, -0.25) is 0 Å². The second-order valence-corrected chi connectivity index (χ2v) is 4.77. The van der Waals surface area contributed by atoms with Gasteiger partial charge in [-0.05, 0) is 31.4 Å². The zero-order chi connectivity index (χ0) is 13.2. The molecular weight excluding hydrogens is 212 g/mol. The first-order valence-electron chi connectivity index (χ1n) is 5.83. The quantitative estimate of drug-likeness (QED) is 0.620. The molecule has 1 aromatic heterocycles. The summed E-state index contributed by atoms with van der Waals surface area (Å²) in [7, 11) is 0. The summed E-state index contributed by atoms with van der Waals surface area (Å²) in [6.07, 6.45) is 1.67. The highest BCUT2D eigenvalue weighted by Crippen LogP contribution is 2.33. The van der Waals surface area contributed by atoms with Gasteiger partial charge in [0.1, 0.15) is 5.82 Å². The Kier molecular flexibility index (Phi) is 4.12. The van der Waals surface area contributed by atoms with E-state index in [2.05, 4.69) is 25.4 Å². The van der Waals surface area contributed by atoms with Crippen molar-refractivity contribution < 1.29 is 0 Å². The maximum absolute atomic E-state index is 6.05. The number of nitrogens with zero attached hydrogens (tertiary/aromatic N) is 2. The molecule has 4 nitrogen and oxygen atoms in total. The fourth-order valence-electron chi connectivity index (χ4n) is 1.58. The number of hydrazine groups is 1. The zero-order valence-electron chi connectivity index (χ0n) is 11.1. The predicted molar refractivity (Wildman–Crippen MR) is 74.3 cm³/mol. The van der Waals surface area contributed by atoms with Crippen molar-refractivity contribution in [3.05, 3.63) is 24.4 Å². The summed E-state index contributed by atoms with van der Waals surface area (Å²) >= 11 is 0. The van der Waals surface area contributed by atoms with Gasteiger partial charge in [0.2, 0.25) is 0 Å². The molecule has 0 aliphatic heterocycles. The molecule has 0 spiro atoms. The van der Waals surface area contributed by atoms with Gasteiger partial charge in [-0.15, -0.1) is 0 Å². The zero-order valence-corrected chi connectivity index (χ0v) is 11.1. The van der Waals surface area contributed by atoms with Crippen molar-refractivity contribution in [2.24, 2.45) is 11.8 Å². The Labute approximate surface area is 103 Å².